The van der Waals surface area contributed by atoms with Crippen LogP contribution in [0.25, 0.3) is 10.9 Å². The highest BCUT2D eigenvalue weighted by molar-refractivity contribution is 6.31. The van der Waals surface area contributed by atoms with Crippen LogP contribution in [0.1, 0.15) is 55.4 Å². The summed E-state index contributed by atoms with van der Waals surface area (Å²) in [5.41, 5.74) is 1.21. The van der Waals surface area contributed by atoms with Crippen molar-refractivity contribution in [2.24, 2.45) is 11.8 Å². The van der Waals surface area contributed by atoms with Gasteiger partial charge in [0.25, 0.3) is 0 Å². The number of Topliss-reactive ketones (excluding diaryl/α,β-unsaturated/α-hetero) is 2. The molecule has 2 aromatic carbocycles. The topological polar surface area (TPSA) is 56.3 Å². The van der Waals surface area contributed by atoms with E-state index in [-0.39, 0.29) is 23.2 Å². The molecule has 1 fully saturated rings. The van der Waals surface area contributed by atoms with Gasteiger partial charge in [0.15, 0.2) is 11.6 Å². The van der Waals surface area contributed by atoms with Crippen LogP contribution in [0.15, 0.2) is 48.5 Å². The average Bonchev–Trinajstić information content (AvgIpc) is 2.83. The number of ether oxygens (including phenoxy) is 1. The summed E-state index contributed by atoms with van der Waals surface area (Å²) in [7, 11) is 0. The van der Waals surface area contributed by atoms with Crippen LogP contribution < -0.4 is 4.74 Å². The highest BCUT2D eigenvalue weighted by atomic mass is 35.5. The van der Waals surface area contributed by atoms with Crippen molar-refractivity contribution in [1.29, 1.82) is 0 Å². The van der Waals surface area contributed by atoms with E-state index >= 15 is 0 Å². The third-order valence-corrected chi connectivity index (χ3v) is 7.03. The SMILES string of the molecule is O=C(COc1ccc(Cl)c(F)c1)CC1CCC(CCC(=O)c2ccc3ccc(Cl)cc3n2)CC1. The first kappa shape index (κ1) is 24.6. The van der Waals surface area contributed by atoms with Crippen LogP contribution in [0.5, 0.6) is 5.75 Å². The first-order chi connectivity index (χ1) is 16.4. The van der Waals surface area contributed by atoms with Gasteiger partial charge < -0.3 is 4.74 Å². The summed E-state index contributed by atoms with van der Waals surface area (Å²) in [5, 5.41) is 1.58. The number of carbonyl (C=O) groups is 2. The lowest BCUT2D eigenvalue weighted by molar-refractivity contribution is -0.122. The Bertz CT molecular complexity index is 1190. The highest BCUT2D eigenvalue weighted by Crippen LogP contribution is 2.34. The number of carbonyl (C=O) groups excluding carboxylic acids is 2. The Morgan fingerprint density at radius 1 is 0.971 bits per heavy atom. The molecule has 0 N–H and O–H groups in total. The fourth-order valence-corrected chi connectivity index (χ4v) is 4.83. The zero-order valence-corrected chi connectivity index (χ0v) is 20.2. The molecule has 1 aliphatic carbocycles. The first-order valence-corrected chi connectivity index (χ1v) is 12.3. The number of aromatic nitrogens is 1. The summed E-state index contributed by atoms with van der Waals surface area (Å²) < 4.78 is 18.9. The van der Waals surface area contributed by atoms with E-state index in [1.54, 1.807) is 18.2 Å². The van der Waals surface area contributed by atoms with Gasteiger partial charge in [-0.1, -0.05) is 48.2 Å². The number of hydrogen-bond donors (Lipinski definition) is 0. The van der Waals surface area contributed by atoms with E-state index in [1.807, 2.05) is 18.2 Å². The fourth-order valence-electron chi connectivity index (χ4n) is 4.54. The molecule has 0 bridgehead atoms. The zero-order valence-electron chi connectivity index (χ0n) is 18.7. The normalized spacial score (nSPS) is 18.1. The molecule has 7 heteroatoms. The highest BCUT2D eigenvalue weighted by Gasteiger charge is 2.24. The Balaban J connectivity index is 1.18. The maximum Gasteiger partial charge on any atom is 0.181 e. The van der Waals surface area contributed by atoms with Gasteiger partial charge in [-0.25, -0.2) is 9.37 Å². The third kappa shape index (κ3) is 6.55. The second-order valence-electron chi connectivity index (χ2n) is 8.99. The maximum absolute atomic E-state index is 13.5. The van der Waals surface area contributed by atoms with E-state index in [9.17, 15) is 14.0 Å². The van der Waals surface area contributed by atoms with Crippen molar-refractivity contribution in [3.63, 3.8) is 0 Å². The molecule has 3 aromatic rings. The first-order valence-electron chi connectivity index (χ1n) is 11.6. The van der Waals surface area contributed by atoms with Crippen molar-refractivity contribution in [3.8, 4) is 5.75 Å². The minimum absolute atomic E-state index is 0.0106. The molecule has 178 valence electrons. The van der Waals surface area contributed by atoms with Gasteiger partial charge >= 0.3 is 0 Å². The van der Waals surface area contributed by atoms with E-state index < -0.39 is 5.82 Å². The summed E-state index contributed by atoms with van der Waals surface area (Å²) in [6.45, 7) is -0.0700. The molecule has 0 aliphatic heterocycles. The molecule has 0 radical (unpaired) electrons. The summed E-state index contributed by atoms with van der Waals surface area (Å²) in [4.78, 5) is 29.5. The number of nitrogens with zero attached hydrogens (tertiary/aromatic N) is 1. The van der Waals surface area contributed by atoms with Crippen molar-refractivity contribution in [1.82, 2.24) is 4.98 Å². The van der Waals surface area contributed by atoms with Crippen molar-refractivity contribution < 1.29 is 18.7 Å². The molecule has 0 spiro atoms. The van der Waals surface area contributed by atoms with Crippen molar-refractivity contribution in [2.45, 2.75) is 44.9 Å². The fraction of sp³-hybridized carbons (Fsp3) is 0.370. The Labute approximate surface area is 208 Å². The molecule has 1 saturated carbocycles. The predicted octanol–water partition coefficient (Wildman–Crippen LogP) is 7.49. The van der Waals surface area contributed by atoms with Gasteiger partial charge in [-0.05, 0) is 61.4 Å². The zero-order chi connectivity index (χ0) is 24.1. The van der Waals surface area contributed by atoms with Gasteiger partial charge in [0, 0.05) is 29.3 Å². The molecular formula is C27H26Cl2FNO3. The number of benzene rings is 2. The van der Waals surface area contributed by atoms with Gasteiger partial charge in [0.1, 0.15) is 23.9 Å². The number of rotatable bonds is 9. The molecule has 0 unspecified atom stereocenters. The minimum Gasteiger partial charge on any atom is -0.486 e. The number of hydrogen-bond acceptors (Lipinski definition) is 4. The van der Waals surface area contributed by atoms with E-state index in [1.165, 1.54) is 12.1 Å². The number of fused-ring (bicyclic) bond motifs is 1. The van der Waals surface area contributed by atoms with Crippen molar-refractivity contribution >= 4 is 45.7 Å². The average molecular weight is 502 g/mol. The molecule has 34 heavy (non-hydrogen) atoms. The van der Waals surface area contributed by atoms with Crippen LogP contribution in [0.3, 0.4) is 0 Å². The van der Waals surface area contributed by atoms with Crippen LogP contribution >= 0.6 is 23.2 Å². The summed E-state index contributed by atoms with van der Waals surface area (Å²) in [6, 6.07) is 13.3. The molecule has 4 rings (SSSR count). The van der Waals surface area contributed by atoms with Crippen LogP contribution in [-0.4, -0.2) is 23.2 Å². The maximum atomic E-state index is 13.5. The van der Waals surface area contributed by atoms with E-state index in [2.05, 4.69) is 4.98 Å². The van der Waals surface area contributed by atoms with Crippen molar-refractivity contribution in [2.75, 3.05) is 6.61 Å². The molecule has 1 aromatic heterocycles. The lowest BCUT2D eigenvalue weighted by Gasteiger charge is -2.28. The Kier molecular flexibility index (Phi) is 8.17. The molecule has 0 amide bonds. The molecule has 1 heterocycles. The molecule has 0 saturated heterocycles. The predicted molar refractivity (Wildman–Crippen MR) is 132 cm³/mol. The van der Waals surface area contributed by atoms with E-state index in [0.717, 1.165) is 43.0 Å². The smallest absolute Gasteiger partial charge is 0.181 e. The van der Waals surface area contributed by atoms with Crippen LogP contribution in [0.2, 0.25) is 10.0 Å². The third-order valence-electron chi connectivity index (χ3n) is 6.49. The van der Waals surface area contributed by atoms with Gasteiger partial charge in [-0.2, -0.15) is 0 Å². The number of ketones is 2. The van der Waals surface area contributed by atoms with Crippen molar-refractivity contribution in [3.05, 3.63) is 70.1 Å². The Hall–Kier alpha value is -2.50. The number of pyridine rings is 1. The minimum atomic E-state index is -0.566. The van der Waals surface area contributed by atoms with E-state index in [0.29, 0.717) is 41.1 Å². The largest absolute Gasteiger partial charge is 0.486 e. The van der Waals surface area contributed by atoms with Crippen LogP contribution in [0, 0.1) is 17.7 Å². The lowest BCUT2D eigenvalue weighted by atomic mass is 9.78. The molecule has 1 aliphatic rings. The summed E-state index contributed by atoms with van der Waals surface area (Å²) >= 11 is 11.7. The number of halogens is 3. The van der Waals surface area contributed by atoms with E-state index in [4.69, 9.17) is 27.9 Å². The standard InChI is InChI=1S/C27H26Cl2FNO3/c28-20-8-6-19-7-11-25(31-26(19)14-20)27(33)12-5-17-1-3-18(4-2-17)13-21(32)16-34-22-9-10-23(29)24(30)15-22/h6-11,14-15,17-18H,1-5,12-13,16H2. The molecule has 0 atom stereocenters. The monoisotopic (exact) mass is 501 g/mol. The van der Waals surface area contributed by atoms with Gasteiger partial charge in [0.05, 0.1) is 10.5 Å². The molecular weight excluding hydrogens is 476 g/mol. The Morgan fingerprint density at radius 2 is 1.71 bits per heavy atom. The van der Waals surface area contributed by atoms with Crippen LogP contribution in [0.4, 0.5) is 4.39 Å². The summed E-state index contributed by atoms with van der Waals surface area (Å²) in [6.07, 6.45) is 5.72. The van der Waals surface area contributed by atoms with Gasteiger partial charge in [-0.3, -0.25) is 9.59 Å². The van der Waals surface area contributed by atoms with Crippen LogP contribution in [-0.2, 0) is 4.79 Å². The molecule has 4 nitrogen and oxygen atoms in total. The van der Waals surface area contributed by atoms with Gasteiger partial charge in [-0.15, -0.1) is 0 Å². The second kappa shape index (κ2) is 11.3. The second-order valence-corrected chi connectivity index (χ2v) is 9.83. The summed E-state index contributed by atoms with van der Waals surface area (Å²) in [5.74, 6) is 0.610. The lowest BCUT2D eigenvalue weighted by Crippen LogP contribution is -2.21. The quantitative estimate of drug-likeness (QED) is 0.285. The van der Waals surface area contributed by atoms with Gasteiger partial charge in [0.2, 0.25) is 0 Å². The Morgan fingerprint density at radius 3 is 2.47 bits per heavy atom.